The van der Waals surface area contributed by atoms with Crippen molar-refractivity contribution >= 4 is 35.1 Å². The number of hydrogen-bond acceptors (Lipinski definition) is 5. The van der Waals surface area contributed by atoms with Gasteiger partial charge in [0.05, 0.1) is 23.8 Å². The second-order valence-electron chi connectivity index (χ2n) is 6.32. The molecule has 132 valence electrons. The third-order valence-electron chi connectivity index (χ3n) is 4.22. The van der Waals surface area contributed by atoms with Crippen molar-refractivity contribution in [3.63, 3.8) is 0 Å². The molecule has 0 aliphatic carbocycles. The fraction of sp³-hybridized carbons (Fsp3) is 0.412. The first-order valence-electron chi connectivity index (χ1n) is 8.06. The summed E-state index contributed by atoms with van der Waals surface area (Å²) in [6.45, 7) is 4.76. The number of carbonyl (C=O) groups excluding carboxylic acids is 1. The van der Waals surface area contributed by atoms with Crippen LogP contribution in [0.4, 0.5) is 5.82 Å². The third kappa shape index (κ3) is 3.01. The Labute approximate surface area is 154 Å². The summed E-state index contributed by atoms with van der Waals surface area (Å²) in [7, 11) is 0. The van der Waals surface area contributed by atoms with Crippen molar-refractivity contribution < 1.29 is 14.3 Å². The number of rotatable bonds is 2. The van der Waals surface area contributed by atoms with Gasteiger partial charge in [-0.1, -0.05) is 11.6 Å². The number of nitrogens with one attached hydrogen (secondary N) is 1. The molecular formula is C17H18ClN3O3S. The zero-order chi connectivity index (χ0) is 17.6. The molecule has 0 unspecified atom stereocenters. The molecule has 6 nitrogen and oxygen atoms in total. The second kappa shape index (κ2) is 6.55. The maximum atomic E-state index is 12.2. The first-order chi connectivity index (χ1) is 12.0. The quantitative estimate of drug-likeness (QED) is 0.860. The van der Waals surface area contributed by atoms with Crippen LogP contribution in [0.25, 0.3) is 0 Å². The van der Waals surface area contributed by atoms with E-state index in [9.17, 15) is 4.79 Å². The van der Waals surface area contributed by atoms with Crippen molar-refractivity contribution in [1.82, 2.24) is 9.78 Å². The van der Waals surface area contributed by atoms with E-state index in [-0.39, 0.29) is 24.0 Å². The van der Waals surface area contributed by atoms with Crippen LogP contribution in [0.2, 0.25) is 5.02 Å². The van der Waals surface area contributed by atoms with Crippen LogP contribution in [0.1, 0.15) is 41.8 Å². The molecule has 3 heterocycles. The lowest BCUT2D eigenvalue weighted by Crippen LogP contribution is -2.17. The summed E-state index contributed by atoms with van der Waals surface area (Å²) in [5.41, 5.74) is 2.84. The molecule has 1 aromatic carbocycles. The van der Waals surface area contributed by atoms with Crippen molar-refractivity contribution in [1.29, 1.82) is 0 Å². The first-order valence-corrected chi connectivity index (χ1v) is 9.49. The number of nitrogens with zero attached hydrogens (tertiary/aromatic N) is 2. The van der Waals surface area contributed by atoms with Gasteiger partial charge in [-0.25, -0.2) is 4.68 Å². The Bertz CT molecular complexity index is 837. The highest BCUT2D eigenvalue weighted by molar-refractivity contribution is 8.00. The largest absolute Gasteiger partial charge is 0.467 e. The molecule has 1 amide bonds. The highest BCUT2D eigenvalue weighted by atomic mass is 35.5. The van der Waals surface area contributed by atoms with E-state index >= 15 is 0 Å². The van der Waals surface area contributed by atoms with Gasteiger partial charge >= 0.3 is 0 Å². The van der Waals surface area contributed by atoms with Crippen molar-refractivity contribution in [2.45, 2.75) is 31.7 Å². The summed E-state index contributed by atoms with van der Waals surface area (Å²) in [4.78, 5) is 12.2. The van der Waals surface area contributed by atoms with Gasteiger partial charge in [0.15, 0.2) is 6.79 Å². The molecule has 0 spiro atoms. The number of carbonyl (C=O) groups is 1. The lowest BCUT2D eigenvalue weighted by Gasteiger charge is -2.24. The summed E-state index contributed by atoms with van der Waals surface area (Å²) in [5.74, 6) is 1.87. The lowest BCUT2D eigenvalue weighted by atomic mass is 10.0. The highest BCUT2D eigenvalue weighted by Crippen LogP contribution is 2.47. The van der Waals surface area contributed by atoms with Crippen molar-refractivity contribution in [3.8, 4) is 5.75 Å². The van der Waals surface area contributed by atoms with E-state index in [0.717, 1.165) is 28.3 Å². The Hall–Kier alpha value is -1.70. The maximum absolute atomic E-state index is 12.2. The molecule has 0 saturated carbocycles. The van der Waals surface area contributed by atoms with E-state index in [2.05, 4.69) is 10.4 Å². The predicted molar refractivity (Wildman–Crippen MR) is 97.3 cm³/mol. The molecule has 1 aromatic heterocycles. The van der Waals surface area contributed by atoms with Gasteiger partial charge in [0.2, 0.25) is 5.91 Å². The molecule has 1 N–H and O–H groups in total. The van der Waals surface area contributed by atoms with Crippen LogP contribution in [-0.2, 0) is 16.1 Å². The van der Waals surface area contributed by atoms with Gasteiger partial charge in [0, 0.05) is 27.8 Å². The van der Waals surface area contributed by atoms with Crippen LogP contribution in [0.3, 0.4) is 0 Å². The molecule has 8 heteroatoms. The molecule has 0 saturated heterocycles. The molecule has 4 rings (SSSR count). The average Bonchev–Trinajstić information content (AvgIpc) is 2.91. The normalized spacial score (nSPS) is 19.7. The van der Waals surface area contributed by atoms with E-state index < -0.39 is 0 Å². The number of thioether (sulfide) groups is 1. The van der Waals surface area contributed by atoms with Gasteiger partial charge in [-0.2, -0.15) is 5.10 Å². The number of ether oxygens (including phenoxy) is 2. The molecule has 2 aromatic rings. The van der Waals surface area contributed by atoms with Crippen LogP contribution in [0.15, 0.2) is 18.3 Å². The van der Waals surface area contributed by atoms with Crippen LogP contribution >= 0.6 is 23.4 Å². The summed E-state index contributed by atoms with van der Waals surface area (Å²) in [6, 6.07) is 3.92. The van der Waals surface area contributed by atoms with E-state index in [1.807, 2.05) is 36.9 Å². The van der Waals surface area contributed by atoms with Gasteiger partial charge in [0.25, 0.3) is 0 Å². The fourth-order valence-electron chi connectivity index (χ4n) is 3.17. The smallest absolute Gasteiger partial charge is 0.235 e. The van der Waals surface area contributed by atoms with E-state index in [1.165, 1.54) is 0 Å². The fourth-order valence-corrected chi connectivity index (χ4v) is 4.51. The number of halogens is 1. The molecule has 2 aliphatic rings. The highest BCUT2D eigenvalue weighted by Gasteiger charge is 2.32. The number of fused-ring (bicyclic) bond motifs is 2. The van der Waals surface area contributed by atoms with Gasteiger partial charge in [0.1, 0.15) is 11.6 Å². The number of amides is 1. The lowest BCUT2D eigenvalue weighted by molar-refractivity contribution is -0.113. The molecule has 2 aliphatic heterocycles. The molecule has 25 heavy (non-hydrogen) atoms. The topological polar surface area (TPSA) is 65.4 Å². The summed E-state index contributed by atoms with van der Waals surface area (Å²) in [6.07, 6.45) is 1.82. The Morgan fingerprint density at radius 3 is 3.04 bits per heavy atom. The Morgan fingerprint density at radius 2 is 2.24 bits per heavy atom. The van der Waals surface area contributed by atoms with Crippen molar-refractivity contribution in [2.75, 3.05) is 17.9 Å². The minimum atomic E-state index is -0.0907. The zero-order valence-electron chi connectivity index (χ0n) is 13.9. The SMILES string of the molecule is CC(C)n1ncc2c1NC(=O)CS[C@H]2c1cc(Cl)cc2c1OCOC2. The van der Waals surface area contributed by atoms with Gasteiger partial charge in [-0.3, -0.25) is 4.79 Å². The zero-order valence-corrected chi connectivity index (χ0v) is 15.5. The standard InChI is InChI=1S/C17H18ClN3O3S/c1-9(2)21-17-13(5-19-21)16(25-7-14(22)20-17)12-4-11(18)3-10-6-23-8-24-15(10)12/h3-5,9,16H,6-8H2,1-2H3,(H,20,22)/t16-/m0/s1. The number of hydrogen-bond donors (Lipinski definition) is 1. The predicted octanol–water partition coefficient (Wildman–Crippen LogP) is 3.76. The van der Waals surface area contributed by atoms with Crippen molar-refractivity contribution in [2.24, 2.45) is 0 Å². The van der Waals surface area contributed by atoms with Gasteiger partial charge < -0.3 is 14.8 Å². The van der Waals surface area contributed by atoms with Crippen LogP contribution < -0.4 is 10.1 Å². The van der Waals surface area contributed by atoms with Crippen molar-refractivity contribution in [3.05, 3.63) is 40.0 Å². The third-order valence-corrected chi connectivity index (χ3v) is 5.71. The Morgan fingerprint density at radius 1 is 1.40 bits per heavy atom. The molecule has 0 bridgehead atoms. The second-order valence-corrected chi connectivity index (χ2v) is 7.85. The molecule has 0 radical (unpaired) electrons. The van der Waals surface area contributed by atoms with Crippen LogP contribution in [0.5, 0.6) is 5.75 Å². The Balaban J connectivity index is 1.87. The summed E-state index contributed by atoms with van der Waals surface area (Å²) >= 11 is 7.88. The van der Waals surface area contributed by atoms with Crippen LogP contribution in [-0.4, -0.2) is 28.2 Å². The van der Waals surface area contributed by atoms with E-state index in [1.54, 1.807) is 11.8 Å². The maximum Gasteiger partial charge on any atom is 0.235 e. The number of anilines is 1. The van der Waals surface area contributed by atoms with E-state index in [4.69, 9.17) is 21.1 Å². The first kappa shape index (κ1) is 16.8. The molecular weight excluding hydrogens is 362 g/mol. The minimum Gasteiger partial charge on any atom is -0.467 e. The average molecular weight is 380 g/mol. The number of aromatic nitrogens is 2. The minimum absolute atomic E-state index is 0.0312. The Kier molecular flexibility index (Phi) is 4.39. The molecule has 1 atom stereocenters. The molecule has 0 fully saturated rings. The summed E-state index contributed by atoms with van der Waals surface area (Å²) < 4.78 is 13.0. The summed E-state index contributed by atoms with van der Waals surface area (Å²) in [5, 5.41) is 8.00. The van der Waals surface area contributed by atoms with Gasteiger partial charge in [-0.05, 0) is 26.0 Å². The number of benzene rings is 1. The van der Waals surface area contributed by atoms with Gasteiger partial charge in [-0.15, -0.1) is 11.8 Å². The van der Waals surface area contributed by atoms with Crippen LogP contribution in [0, 0.1) is 0 Å². The monoisotopic (exact) mass is 379 g/mol. The van der Waals surface area contributed by atoms with E-state index in [0.29, 0.717) is 17.4 Å².